The quantitative estimate of drug-likeness (QED) is 0.776. The van der Waals surface area contributed by atoms with Crippen LogP contribution in [0.15, 0.2) is 12.3 Å². The molecule has 0 aliphatic carbocycles. The third kappa shape index (κ3) is 1.42. The first-order valence-corrected chi connectivity index (χ1v) is 5.39. The van der Waals surface area contributed by atoms with Crippen LogP contribution in [0.5, 0.6) is 0 Å². The Labute approximate surface area is 85.5 Å². The second-order valence-electron chi connectivity index (χ2n) is 4.08. The molecule has 0 amide bonds. The first-order chi connectivity index (χ1) is 6.74. The molecule has 0 aromatic carbocycles. The lowest BCUT2D eigenvalue weighted by atomic mass is 10.1. The number of nitrogens with two attached hydrogens (primary N) is 1. The van der Waals surface area contributed by atoms with E-state index >= 15 is 0 Å². The van der Waals surface area contributed by atoms with Crippen LogP contribution < -0.4 is 10.6 Å². The Hall–Kier alpha value is -0.960. The summed E-state index contributed by atoms with van der Waals surface area (Å²) < 4.78 is 2.31. The molecule has 3 heteroatoms. The number of aromatic nitrogens is 1. The number of nitrogens with zero attached hydrogens (tertiary/aromatic N) is 2. The van der Waals surface area contributed by atoms with Gasteiger partial charge in [0.15, 0.2) is 0 Å². The zero-order valence-electron chi connectivity index (χ0n) is 9.03. The van der Waals surface area contributed by atoms with E-state index in [4.69, 9.17) is 5.73 Å². The maximum Gasteiger partial charge on any atom is 0.113 e. The molecule has 1 atom stereocenters. The third-order valence-corrected chi connectivity index (χ3v) is 3.06. The Morgan fingerprint density at radius 1 is 1.50 bits per heavy atom. The Bertz CT molecular complexity index is 316. The fourth-order valence-electron chi connectivity index (χ4n) is 2.19. The Balaban J connectivity index is 2.38. The number of anilines is 1. The molecule has 0 fully saturated rings. The van der Waals surface area contributed by atoms with Crippen molar-refractivity contribution in [2.75, 3.05) is 18.5 Å². The number of aryl methyl sites for hydroxylation is 1. The molecule has 0 bridgehead atoms. The number of hydrogen-bond donors (Lipinski definition) is 1. The largest absolute Gasteiger partial charge is 0.361 e. The van der Waals surface area contributed by atoms with E-state index in [-0.39, 0.29) is 6.04 Å². The van der Waals surface area contributed by atoms with Crippen LogP contribution >= 0.6 is 0 Å². The van der Waals surface area contributed by atoms with Gasteiger partial charge in [-0.25, -0.2) is 0 Å². The van der Waals surface area contributed by atoms with Gasteiger partial charge in [-0.2, -0.15) is 0 Å². The first-order valence-electron chi connectivity index (χ1n) is 5.39. The van der Waals surface area contributed by atoms with Crippen LogP contribution in [0.4, 0.5) is 5.82 Å². The van der Waals surface area contributed by atoms with Crippen molar-refractivity contribution < 1.29 is 0 Å². The predicted octanol–water partition coefficient (Wildman–Crippen LogP) is 1.74. The van der Waals surface area contributed by atoms with Crippen molar-refractivity contribution in [3.05, 3.63) is 17.8 Å². The molecule has 0 spiro atoms. The Morgan fingerprint density at radius 3 is 3.00 bits per heavy atom. The van der Waals surface area contributed by atoms with E-state index in [1.165, 1.54) is 17.8 Å². The Morgan fingerprint density at radius 2 is 2.29 bits per heavy atom. The summed E-state index contributed by atoms with van der Waals surface area (Å²) in [5, 5.41) is 0. The van der Waals surface area contributed by atoms with Crippen LogP contribution in [0.2, 0.25) is 0 Å². The average molecular weight is 193 g/mol. The van der Waals surface area contributed by atoms with Gasteiger partial charge in [-0.3, -0.25) is 0 Å². The van der Waals surface area contributed by atoms with E-state index in [1.54, 1.807) is 0 Å². The summed E-state index contributed by atoms with van der Waals surface area (Å²) in [4.78, 5) is 2.31. The lowest BCUT2D eigenvalue weighted by Crippen LogP contribution is -2.29. The first kappa shape index (κ1) is 9.59. The number of fused-ring (bicyclic) bond motifs is 1. The highest BCUT2D eigenvalue weighted by Crippen LogP contribution is 2.30. The van der Waals surface area contributed by atoms with E-state index in [0.29, 0.717) is 0 Å². The van der Waals surface area contributed by atoms with Crippen LogP contribution in [0.1, 0.15) is 31.4 Å². The molecule has 0 saturated heterocycles. The minimum Gasteiger partial charge on any atom is -0.361 e. The van der Waals surface area contributed by atoms with Crippen LogP contribution in [0, 0.1) is 0 Å². The lowest BCUT2D eigenvalue weighted by molar-refractivity contribution is 0.577. The van der Waals surface area contributed by atoms with Gasteiger partial charge in [-0.05, 0) is 18.9 Å². The minimum atomic E-state index is 0.187. The normalized spacial score (nSPS) is 18.1. The maximum absolute atomic E-state index is 6.09. The predicted molar refractivity (Wildman–Crippen MR) is 59.5 cm³/mol. The van der Waals surface area contributed by atoms with Gasteiger partial charge in [0.1, 0.15) is 5.82 Å². The molecule has 1 aliphatic heterocycles. The summed E-state index contributed by atoms with van der Waals surface area (Å²) in [6.45, 7) is 4.42. The molecule has 2 N–H and O–H groups in total. The summed E-state index contributed by atoms with van der Waals surface area (Å²) in [5.41, 5.74) is 7.39. The molecule has 0 saturated carbocycles. The van der Waals surface area contributed by atoms with Crippen molar-refractivity contribution in [1.82, 2.24) is 4.57 Å². The minimum absolute atomic E-state index is 0.187. The number of hydrogen-bond acceptors (Lipinski definition) is 2. The van der Waals surface area contributed by atoms with Crippen LogP contribution in [0.3, 0.4) is 0 Å². The summed E-state index contributed by atoms with van der Waals surface area (Å²) in [6, 6.07) is 2.36. The fourth-order valence-corrected chi connectivity index (χ4v) is 2.19. The molecule has 2 rings (SSSR count). The van der Waals surface area contributed by atoms with E-state index in [9.17, 15) is 0 Å². The topological polar surface area (TPSA) is 34.2 Å². The molecule has 2 heterocycles. The molecule has 1 unspecified atom stereocenters. The van der Waals surface area contributed by atoms with Gasteiger partial charge in [-0.1, -0.05) is 6.92 Å². The summed E-state index contributed by atoms with van der Waals surface area (Å²) in [5.74, 6) is 1.32. The van der Waals surface area contributed by atoms with Crippen LogP contribution in [-0.2, 0) is 6.54 Å². The van der Waals surface area contributed by atoms with Crippen molar-refractivity contribution in [2.45, 2.75) is 32.4 Å². The standard InChI is InChI=1S/C11H19N3/c1-3-10(12)9-5-8-14-7-4-6-13(2)11(9)14/h5,8,10H,3-4,6-7,12H2,1-2H3. The van der Waals surface area contributed by atoms with Gasteiger partial charge in [0.25, 0.3) is 0 Å². The average Bonchev–Trinajstić information content (AvgIpc) is 2.62. The number of rotatable bonds is 2. The van der Waals surface area contributed by atoms with Crippen molar-refractivity contribution in [2.24, 2.45) is 5.73 Å². The van der Waals surface area contributed by atoms with Gasteiger partial charge >= 0.3 is 0 Å². The highest BCUT2D eigenvalue weighted by atomic mass is 15.2. The SMILES string of the molecule is CCC(N)c1ccn2c1N(C)CCC2. The van der Waals surface area contributed by atoms with Gasteiger partial charge < -0.3 is 15.2 Å². The van der Waals surface area contributed by atoms with E-state index in [0.717, 1.165) is 19.5 Å². The van der Waals surface area contributed by atoms with E-state index < -0.39 is 0 Å². The summed E-state index contributed by atoms with van der Waals surface area (Å²) in [7, 11) is 2.15. The van der Waals surface area contributed by atoms with Crippen LogP contribution in [-0.4, -0.2) is 18.2 Å². The second-order valence-corrected chi connectivity index (χ2v) is 4.08. The summed E-state index contributed by atoms with van der Waals surface area (Å²) in [6.07, 6.45) is 4.40. The molecule has 1 aromatic rings. The fraction of sp³-hybridized carbons (Fsp3) is 0.636. The third-order valence-electron chi connectivity index (χ3n) is 3.06. The second kappa shape index (κ2) is 3.65. The van der Waals surface area contributed by atoms with Crippen molar-refractivity contribution in [3.8, 4) is 0 Å². The summed E-state index contributed by atoms with van der Waals surface area (Å²) >= 11 is 0. The van der Waals surface area contributed by atoms with Gasteiger partial charge in [0.05, 0.1) is 0 Å². The van der Waals surface area contributed by atoms with Gasteiger partial charge in [-0.15, -0.1) is 0 Å². The zero-order chi connectivity index (χ0) is 10.1. The molecule has 78 valence electrons. The lowest BCUT2D eigenvalue weighted by Gasteiger charge is -2.29. The molecule has 0 radical (unpaired) electrons. The molecule has 1 aliphatic rings. The molecule has 1 aromatic heterocycles. The van der Waals surface area contributed by atoms with E-state index in [1.807, 2.05) is 0 Å². The van der Waals surface area contributed by atoms with E-state index in [2.05, 4.69) is 35.7 Å². The molecular formula is C11H19N3. The van der Waals surface area contributed by atoms with Crippen molar-refractivity contribution in [1.29, 1.82) is 0 Å². The van der Waals surface area contributed by atoms with Crippen LogP contribution in [0.25, 0.3) is 0 Å². The maximum atomic E-state index is 6.09. The molecule has 14 heavy (non-hydrogen) atoms. The van der Waals surface area contributed by atoms with Gasteiger partial charge in [0, 0.05) is 37.9 Å². The van der Waals surface area contributed by atoms with Crippen molar-refractivity contribution >= 4 is 5.82 Å². The highest BCUT2D eigenvalue weighted by molar-refractivity contribution is 5.51. The monoisotopic (exact) mass is 193 g/mol. The molecule has 3 nitrogen and oxygen atoms in total. The van der Waals surface area contributed by atoms with Crippen molar-refractivity contribution in [3.63, 3.8) is 0 Å². The van der Waals surface area contributed by atoms with Gasteiger partial charge in [0.2, 0.25) is 0 Å². The zero-order valence-corrected chi connectivity index (χ0v) is 9.03. The molecular weight excluding hydrogens is 174 g/mol. The Kier molecular flexibility index (Phi) is 2.50. The highest BCUT2D eigenvalue weighted by Gasteiger charge is 2.20. The smallest absolute Gasteiger partial charge is 0.113 e.